The van der Waals surface area contributed by atoms with Gasteiger partial charge in [0.05, 0.1) is 16.0 Å². The zero-order valence-corrected chi connectivity index (χ0v) is 16.4. The lowest BCUT2D eigenvalue weighted by Gasteiger charge is -2.44. The number of aryl methyl sites for hydroxylation is 1. The lowest BCUT2D eigenvalue weighted by Crippen LogP contribution is -2.58. The Hall–Kier alpha value is -2.52. The normalized spacial score (nSPS) is 22.1. The maximum atomic E-state index is 13.1. The number of halogens is 1. The fourth-order valence-corrected chi connectivity index (χ4v) is 5.49. The zero-order valence-electron chi connectivity index (χ0n) is 15.6. The number of aromatic nitrogens is 1. The molecule has 1 amide bonds. The van der Waals surface area contributed by atoms with Crippen molar-refractivity contribution in [2.45, 2.75) is 24.3 Å². The molecule has 9 heteroatoms. The summed E-state index contributed by atoms with van der Waals surface area (Å²) in [6, 6.07) is 7.50. The van der Waals surface area contributed by atoms with Crippen molar-refractivity contribution in [3.05, 3.63) is 53.3 Å². The molecule has 0 radical (unpaired) electrons. The van der Waals surface area contributed by atoms with Crippen LogP contribution in [0, 0.1) is 6.92 Å². The van der Waals surface area contributed by atoms with Gasteiger partial charge in [-0.3, -0.25) is 9.78 Å². The number of alkyl halides is 1. The molecule has 0 spiro atoms. The average molecular weight is 405 g/mol. The van der Waals surface area contributed by atoms with Gasteiger partial charge in [0.25, 0.3) is 5.91 Å². The Morgan fingerprint density at radius 3 is 2.64 bits per heavy atom. The Morgan fingerprint density at radius 2 is 1.96 bits per heavy atom. The number of carbonyl (C=O) groups is 1. The molecule has 28 heavy (non-hydrogen) atoms. The fourth-order valence-electron chi connectivity index (χ4n) is 3.97. The van der Waals surface area contributed by atoms with Crippen molar-refractivity contribution >= 4 is 15.9 Å². The van der Waals surface area contributed by atoms with Crippen molar-refractivity contribution in [3.63, 3.8) is 0 Å². The van der Waals surface area contributed by atoms with Crippen LogP contribution in [0.5, 0.6) is 5.75 Å². The van der Waals surface area contributed by atoms with Gasteiger partial charge >= 0.3 is 0 Å². The number of nitrogens with zero attached hydrogens (tertiary/aromatic N) is 3. The maximum absolute atomic E-state index is 13.1. The second-order valence-corrected chi connectivity index (χ2v) is 9.10. The molecule has 0 saturated carbocycles. The minimum absolute atomic E-state index is 0.103. The molecular weight excluding hydrogens is 385 g/mol. The lowest BCUT2D eigenvalue weighted by atomic mass is 9.90. The molecule has 1 atom stereocenters. The Bertz CT molecular complexity index is 1040. The van der Waals surface area contributed by atoms with Crippen LogP contribution in [0.2, 0.25) is 0 Å². The molecule has 0 aliphatic carbocycles. The number of fused-ring (bicyclic) bond motifs is 3. The third-order valence-corrected chi connectivity index (χ3v) is 7.29. The summed E-state index contributed by atoms with van der Waals surface area (Å²) in [4.78, 5) is 18.8. The predicted octanol–water partition coefficient (Wildman–Crippen LogP) is 2.07. The van der Waals surface area contributed by atoms with Crippen LogP contribution in [0.25, 0.3) is 0 Å². The van der Waals surface area contributed by atoms with E-state index in [0.29, 0.717) is 12.1 Å². The number of hydrogen-bond donors (Lipinski definition) is 0. The highest BCUT2D eigenvalue weighted by atomic mass is 32.2. The summed E-state index contributed by atoms with van der Waals surface area (Å²) < 4.78 is 44.7. The minimum Gasteiger partial charge on any atom is -0.463 e. The zero-order chi connectivity index (χ0) is 20.1. The van der Waals surface area contributed by atoms with Crippen molar-refractivity contribution in [1.29, 1.82) is 0 Å². The van der Waals surface area contributed by atoms with Gasteiger partial charge in [0.15, 0.2) is 0 Å². The third kappa shape index (κ3) is 2.77. The van der Waals surface area contributed by atoms with E-state index < -0.39 is 22.4 Å². The standard InChI is InChI=1S/C19H20FN3O4S/c1-13-9-17-16(10-21-13)18(24)23-8-7-22(11-19(17,23)2)28(25,26)15-5-3-14(4-6-15)27-12-20/h3-6,9-10H,7-8,11-12H2,1-2H3. The lowest BCUT2D eigenvalue weighted by molar-refractivity contribution is 0.0376. The van der Waals surface area contributed by atoms with E-state index in [4.69, 9.17) is 4.74 Å². The van der Waals surface area contributed by atoms with Crippen LogP contribution in [0.3, 0.4) is 0 Å². The summed E-state index contributed by atoms with van der Waals surface area (Å²) in [7, 11) is -3.77. The Kier molecular flexibility index (Phi) is 4.39. The molecule has 0 bridgehead atoms. The van der Waals surface area contributed by atoms with Crippen LogP contribution in [-0.2, 0) is 15.6 Å². The average Bonchev–Trinajstić information content (AvgIpc) is 2.89. The first-order chi connectivity index (χ1) is 13.3. The number of sulfonamides is 1. The fraction of sp³-hybridized carbons (Fsp3) is 0.368. The van der Waals surface area contributed by atoms with Crippen molar-refractivity contribution in [2.24, 2.45) is 0 Å². The van der Waals surface area contributed by atoms with E-state index in [1.807, 2.05) is 19.9 Å². The topological polar surface area (TPSA) is 79.8 Å². The van der Waals surface area contributed by atoms with E-state index in [0.717, 1.165) is 11.3 Å². The molecule has 2 aromatic rings. The van der Waals surface area contributed by atoms with Gasteiger partial charge in [0, 0.05) is 31.5 Å². The van der Waals surface area contributed by atoms with Gasteiger partial charge in [-0.2, -0.15) is 4.31 Å². The first kappa shape index (κ1) is 18.8. The monoisotopic (exact) mass is 405 g/mol. The summed E-state index contributed by atoms with van der Waals surface area (Å²) in [5, 5.41) is 0. The van der Waals surface area contributed by atoms with Gasteiger partial charge in [-0.25, -0.2) is 12.8 Å². The second-order valence-electron chi connectivity index (χ2n) is 7.17. The van der Waals surface area contributed by atoms with Crippen molar-refractivity contribution < 1.29 is 22.3 Å². The summed E-state index contributed by atoms with van der Waals surface area (Å²) in [5.74, 6) is 0.145. The molecule has 1 fully saturated rings. The van der Waals surface area contributed by atoms with E-state index in [9.17, 15) is 17.6 Å². The number of carbonyl (C=O) groups excluding carboxylic acids is 1. The van der Waals surface area contributed by atoms with E-state index in [1.54, 1.807) is 11.1 Å². The Morgan fingerprint density at radius 1 is 1.25 bits per heavy atom. The van der Waals surface area contributed by atoms with E-state index in [2.05, 4.69) is 4.98 Å². The summed E-state index contributed by atoms with van der Waals surface area (Å²) >= 11 is 0. The molecule has 1 saturated heterocycles. The van der Waals surface area contributed by atoms with Gasteiger partial charge in [-0.05, 0) is 49.7 Å². The van der Waals surface area contributed by atoms with Crippen LogP contribution in [0.1, 0.15) is 28.5 Å². The van der Waals surface area contributed by atoms with Crippen molar-refractivity contribution in [3.8, 4) is 5.75 Å². The molecule has 4 rings (SSSR count). The molecule has 0 N–H and O–H groups in total. The Balaban J connectivity index is 1.67. The maximum Gasteiger partial charge on any atom is 0.256 e. The number of amides is 1. The number of rotatable bonds is 4. The Labute approximate surface area is 162 Å². The van der Waals surface area contributed by atoms with Gasteiger partial charge in [-0.15, -0.1) is 0 Å². The minimum atomic E-state index is -3.77. The molecule has 1 unspecified atom stereocenters. The number of piperazine rings is 1. The van der Waals surface area contributed by atoms with Crippen LogP contribution in [-0.4, -0.2) is 55.0 Å². The third-order valence-electron chi connectivity index (χ3n) is 5.43. The van der Waals surface area contributed by atoms with Gasteiger partial charge in [-0.1, -0.05) is 0 Å². The second kappa shape index (κ2) is 6.52. The van der Waals surface area contributed by atoms with E-state index in [1.165, 1.54) is 28.6 Å². The smallest absolute Gasteiger partial charge is 0.256 e. The number of pyridine rings is 1. The highest BCUT2D eigenvalue weighted by Gasteiger charge is 2.51. The molecule has 148 valence electrons. The molecule has 1 aromatic heterocycles. The van der Waals surface area contributed by atoms with Gasteiger partial charge in [0.1, 0.15) is 5.75 Å². The van der Waals surface area contributed by atoms with E-state index >= 15 is 0 Å². The first-order valence-electron chi connectivity index (χ1n) is 8.85. The number of benzene rings is 1. The summed E-state index contributed by atoms with van der Waals surface area (Å²) in [6.07, 6.45) is 1.57. The first-order valence-corrected chi connectivity index (χ1v) is 10.3. The molecule has 7 nitrogen and oxygen atoms in total. The number of hydrogen-bond acceptors (Lipinski definition) is 5. The number of ether oxygens (including phenoxy) is 1. The van der Waals surface area contributed by atoms with Crippen LogP contribution < -0.4 is 4.74 Å². The van der Waals surface area contributed by atoms with Crippen LogP contribution in [0.4, 0.5) is 4.39 Å². The molecule has 1 aromatic carbocycles. The van der Waals surface area contributed by atoms with Crippen LogP contribution >= 0.6 is 0 Å². The molecular formula is C19H20FN3O4S. The molecule has 3 heterocycles. The molecule has 2 aliphatic heterocycles. The molecule has 2 aliphatic rings. The summed E-state index contributed by atoms with van der Waals surface area (Å²) in [5.41, 5.74) is 1.36. The SMILES string of the molecule is Cc1cc2c(cn1)C(=O)N1CCN(S(=O)(=O)c3ccc(OCF)cc3)CC21C. The van der Waals surface area contributed by atoms with E-state index in [-0.39, 0.29) is 29.6 Å². The van der Waals surface area contributed by atoms with Crippen molar-refractivity contribution in [2.75, 3.05) is 26.5 Å². The predicted molar refractivity (Wildman–Crippen MR) is 99.2 cm³/mol. The highest BCUT2D eigenvalue weighted by molar-refractivity contribution is 7.89. The quantitative estimate of drug-likeness (QED) is 0.778. The van der Waals surface area contributed by atoms with Gasteiger partial charge < -0.3 is 9.64 Å². The highest BCUT2D eigenvalue weighted by Crippen LogP contribution is 2.42. The summed E-state index contributed by atoms with van der Waals surface area (Å²) in [6.45, 7) is 3.40. The van der Waals surface area contributed by atoms with Gasteiger partial charge in [0.2, 0.25) is 16.9 Å². The van der Waals surface area contributed by atoms with Crippen molar-refractivity contribution in [1.82, 2.24) is 14.2 Å². The van der Waals surface area contributed by atoms with Crippen LogP contribution in [0.15, 0.2) is 41.4 Å². The largest absolute Gasteiger partial charge is 0.463 e.